The number of sulfonamides is 1. The Kier molecular flexibility index (Phi) is 11.8. The Morgan fingerprint density at radius 2 is 1.48 bits per heavy atom. The van der Waals surface area contributed by atoms with Crippen molar-refractivity contribution in [3.05, 3.63) is 23.8 Å². The van der Waals surface area contributed by atoms with Crippen molar-refractivity contribution in [3.8, 4) is 0 Å². The van der Waals surface area contributed by atoms with Crippen LogP contribution in [0.4, 0.5) is 0 Å². The van der Waals surface area contributed by atoms with Gasteiger partial charge in [0.1, 0.15) is 18.1 Å². The average molecular weight is 831 g/mol. The zero-order valence-corrected chi connectivity index (χ0v) is 35.2. The highest BCUT2D eigenvalue weighted by Gasteiger charge is 2.49. The van der Waals surface area contributed by atoms with Crippen LogP contribution in [0.1, 0.15) is 121 Å². The predicted molar refractivity (Wildman–Crippen MR) is 207 cm³/mol. The van der Waals surface area contributed by atoms with Crippen LogP contribution in [-0.2, 0) is 35.9 Å². The zero-order valence-electron chi connectivity index (χ0n) is 34.4. The normalized spacial score (nSPS) is 25.9. The van der Waals surface area contributed by atoms with Gasteiger partial charge in [0, 0.05) is 68.5 Å². The van der Waals surface area contributed by atoms with E-state index in [0.717, 1.165) is 37.1 Å². The van der Waals surface area contributed by atoms with Gasteiger partial charge in [-0.2, -0.15) is 0 Å². The fourth-order valence-corrected chi connectivity index (χ4v) is 9.74. The van der Waals surface area contributed by atoms with Gasteiger partial charge >= 0.3 is 0 Å². The lowest BCUT2D eigenvalue weighted by Gasteiger charge is -2.36. The van der Waals surface area contributed by atoms with Crippen LogP contribution in [0.3, 0.4) is 0 Å². The Hall–Kier alpha value is -4.01. The number of carbonyl (C=O) groups excluding carboxylic acids is 4. The second kappa shape index (κ2) is 16.2. The highest BCUT2D eigenvalue weighted by molar-refractivity contribution is 7.88. The Labute approximate surface area is 339 Å². The molecule has 3 aliphatic heterocycles. The van der Waals surface area contributed by atoms with E-state index in [1.807, 2.05) is 40.8 Å². The summed E-state index contributed by atoms with van der Waals surface area (Å²) in [5.41, 5.74) is 0.977. The van der Waals surface area contributed by atoms with Crippen molar-refractivity contribution in [2.24, 2.45) is 11.3 Å². The molecule has 5 aliphatic rings. The number of nitrogens with one attached hydrogen (secondary N) is 2. The van der Waals surface area contributed by atoms with Crippen molar-refractivity contribution in [2.45, 2.75) is 147 Å². The molecule has 0 unspecified atom stereocenters. The van der Waals surface area contributed by atoms with Gasteiger partial charge in [0.2, 0.25) is 33.8 Å². The SMILES string of the molecule is CC(C)NC(=O)[C@@H]1C[C@@H](O)CN1C(=O)[C@@H]([n+]1cc(C2CC2)n(CNC(=O)[C@@H]2C[C@@H](O)CN2C(=O)[C@H](C2CCN(S(C)(=O)=O)CC2)n2cc(C3CC3)nn2)n1)C(C)(C)C. The number of hydrogen-bond donors (Lipinski definition) is 4. The number of β-amino-alcohol motifs (C(OH)–C–C–N with tert-alkyl or cyclic N) is 2. The first-order valence-corrected chi connectivity index (χ1v) is 22.6. The van der Waals surface area contributed by atoms with Crippen molar-refractivity contribution < 1.29 is 42.5 Å². The third-order valence-corrected chi connectivity index (χ3v) is 13.4. The highest BCUT2D eigenvalue weighted by Crippen LogP contribution is 2.41. The van der Waals surface area contributed by atoms with Gasteiger partial charge in [-0.1, -0.05) is 26.0 Å². The van der Waals surface area contributed by atoms with E-state index in [1.54, 1.807) is 20.2 Å². The molecule has 4 N–H and O–H groups in total. The van der Waals surface area contributed by atoms with E-state index < -0.39 is 57.7 Å². The number of aromatic nitrogens is 6. The van der Waals surface area contributed by atoms with E-state index >= 15 is 0 Å². The van der Waals surface area contributed by atoms with Gasteiger partial charge in [-0.3, -0.25) is 19.2 Å². The van der Waals surface area contributed by atoms with Gasteiger partial charge < -0.3 is 30.6 Å². The van der Waals surface area contributed by atoms with Crippen molar-refractivity contribution in [1.82, 2.24) is 49.6 Å². The number of aliphatic hydroxyl groups excluding tert-OH is 2. The van der Waals surface area contributed by atoms with Crippen molar-refractivity contribution in [2.75, 3.05) is 32.4 Å². The van der Waals surface area contributed by atoms with Crippen LogP contribution < -0.4 is 15.3 Å². The summed E-state index contributed by atoms with van der Waals surface area (Å²) in [6.45, 7) is 9.87. The van der Waals surface area contributed by atoms with Crippen LogP contribution in [0.25, 0.3) is 0 Å². The molecule has 0 spiro atoms. The van der Waals surface area contributed by atoms with Crippen LogP contribution in [0, 0.1) is 11.3 Å². The lowest BCUT2D eigenvalue weighted by atomic mass is 9.85. The number of rotatable bonds is 13. The Bertz CT molecular complexity index is 1980. The summed E-state index contributed by atoms with van der Waals surface area (Å²) in [4.78, 5) is 59.1. The molecule has 20 heteroatoms. The first-order chi connectivity index (χ1) is 27.3. The minimum Gasteiger partial charge on any atom is -0.391 e. The van der Waals surface area contributed by atoms with Crippen LogP contribution in [0.15, 0.2) is 12.4 Å². The molecular formula is C38H60N11O8S+. The number of piperidine rings is 1. The van der Waals surface area contributed by atoms with E-state index in [9.17, 15) is 37.8 Å². The molecule has 320 valence electrons. The largest absolute Gasteiger partial charge is 0.391 e. The van der Waals surface area contributed by atoms with Gasteiger partial charge in [0.15, 0.2) is 18.6 Å². The molecule has 2 aliphatic carbocycles. The minimum absolute atomic E-state index is 0.0240. The van der Waals surface area contributed by atoms with Gasteiger partial charge in [0.25, 0.3) is 5.91 Å². The third kappa shape index (κ3) is 9.08. The second-order valence-corrected chi connectivity index (χ2v) is 20.4. The maximum Gasteiger partial charge on any atom is 0.271 e. The summed E-state index contributed by atoms with van der Waals surface area (Å²) in [5.74, 6) is -1.31. The monoisotopic (exact) mass is 830 g/mol. The van der Waals surface area contributed by atoms with E-state index in [0.29, 0.717) is 18.8 Å². The molecule has 2 aromatic rings. The molecule has 5 fully saturated rings. The molecule has 0 aromatic carbocycles. The highest BCUT2D eigenvalue weighted by atomic mass is 32.2. The summed E-state index contributed by atoms with van der Waals surface area (Å²) in [7, 11) is -3.40. The summed E-state index contributed by atoms with van der Waals surface area (Å²) >= 11 is 0. The number of carbonyl (C=O) groups is 4. The molecule has 4 amide bonds. The minimum atomic E-state index is -3.40. The quantitative estimate of drug-likeness (QED) is 0.189. The van der Waals surface area contributed by atoms with Crippen molar-refractivity contribution in [1.29, 1.82) is 0 Å². The lowest BCUT2D eigenvalue weighted by Crippen LogP contribution is -2.59. The van der Waals surface area contributed by atoms with Gasteiger partial charge in [-0.15, -0.1) is 14.5 Å². The number of aliphatic hydroxyl groups is 2. The van der Waals surface area contributed by atoms with Crippen LogP contribution in [0.5, 0.6) is 0 Å². The molecule has 5 heterocycles. The predicted octanol–water partition coefficient (Wildman–Crippen LogP) is -0.461. The molecule has 19 nitrogen and oxygen atoms in total. The van der Waals surface area contributed by atoms with Crippen molar-refractivity contribution in [3.63, 3.8) is 0 Å². The summed E-state index contributed by atoms with van der Waals surface area (Å²) in [5, 5.41) is 40.8. The molecule has 0 radical (unpaired) electrons. The van der Waals surface area contributed by atoms with E-state index in [4.69, 9.17) is 5.21 Å². The fourth-order valence-electron chi connectivity index (χ4n) is 8.87. The maximum absolute atomic E-state index is 14.6. The van der Waals surface area contributed by atoms with Crippen LogP contribution >= 0.6 is 0 Å². The topological polar surface area (TPSA) is 229 Å². The molecule has 0 bridgehead atoms. The molecular weight excluding hydrogens is 771 g/mol. The first-order valence-electron chi connectivity index (χ1n) is 20.7. The van der Waals surface area contributed by atoms with Gasteiger partial charge in [-0.05, 0) is 58.3 Å². The van der Waals surface area contributed by atoms with E-state index in [1.165, 1.54) is 20.4 Å². The second-order valence-electron chi connectivity index (χ2n) is 18.5. The maximum atomic E-state index is 14.6. The molecule has 6 atom stereocenters. The van der Waals surface area contributed by atoms with Crippen LogP contribution in [0.2, 0.25) is 0 Å². The third-order valence-electron chi connectivity index (χ3n) is 12.1. The molecule has 58 heavy (non-hydrogen) atoms. The summed E-state index contributed by atoms with van der Waals surface area (Å²) in [6, 6.07) is -3.62. The first kappa shape index (κ1) is 42.1. The van der Waals surface area contributed by atoms with E-state index in [-0.39, 0.29) is 81.3 Å². The summed E-state index contributed by atoms with van der Waals surface area (Å²) < 4.78 is 30.8. The number of likely N-dealkylation sites (tertiary alicyclic amines) is 2. The van der Waals surface area contributed by atoms with Gasteiger partial charge in [0.05, 0.1) is 29.4 Å². The molecule has 7 rings (SSSR count). The smallest absolute Gasteiger partial charge is 0.271 e. The molecule has 2 aromatic heterocycles. The number of hydrogen-bond acceptors (Lipinski definition) is 11. The molecule has 3 saturated heterocycles. The fraction of sp³-hybridized carbons (Fsp3) is 0.789. The van der Waals surface area contributed by atoms with Crippen molar-refractivity contribution >= 4 is 33.7 Å². The standard InChI is InChI=1S/C38H59N11O8S/c1-22(2)40-35(53)30-16-27(51)18-46(30)37(55)33(38(3,4)5)48-20-31(24-9-10-24)49(43-48)21-39-34(52)29-15-26(50)17-45(29)36(54)32(47-19-28(41-42-47)23-7-8-23)25-11-13-44(14-12-25)58(6,56)57/h19-20,22-27,29-30,32-33,50-51H,7-18,21H2,1-6H3,(H-,39,40,52,53)/p+1/t26-,27-,29+,30+,32+,33-/m1/s1. The van der Waals surface area contributed by atoms with E-state index in [2.05, 4.69) is 20.9 Å². The van der Waals surface area contributed by atoms with Crippen LogP contribution in [-0.4, -0.2) is 144 Å². The lowest BCUT2D eigenvalue weighted by molar-refractivity contribution is -0.777. The Morgan fingerprint density at radius 3 is 2.03 bits per heavy atom. The number of amides is 4. The number of nitrogens with zero attached hydrogens (tertiary/aromatic N) is 9. The zero-order chi connectivity index (χ0) is 41.8. The van der Waals surface area contributed by atoms with Gasteiger partial charge in [-0.25, -0.2) is 17.4 Å². The average Bonchev–Trinajstić information content (AvgIpc) is 3.99. The molecule has 2 saturated carbocycles. The Morgan fingerprint density at radius 1 is 0.897 bits per heavy atom. The summed E-state index contributed by atoms with van der Waals surface area (Å²) in [6.07, 6.45) is 7.84. The Balaban J connectivity index is 1.09.